The number of hydrogen-bond acceptors (Lipinski definition) is 6. The summed E-state index contributed by atoms with van der Waals surface area (Å²) in [6.07, 6.45) is 0.608. The number of rotatable bonds is 13. The van der Waals surface area contributed by atoms with Gasteiger partial charge in [-0.25, -0.2) is 4.79 Å². The smallest absolute Gasteiger partial charge is 0.315 e. The topological polar surface area (TPSA) is 129 Å². The van der Waals surface area contributed by atoms with Gasteiger partial charge in [-0.05, 0) is 36.0 Å². The average molecular weight is 552 g/mol. The molecule has 4 N–H and O–H groups in total. The molecule has 0 radical (unpaired) electrons. The van der Waals surface area contributed by atoms with Gasteiger partial charge in [0.15, 0.2) is 0 Å². The third kappa shape index (κ3) is 9.37. The molecule has 10 heteroatoms. The zero-order valence-corrected chi connectivity index (χ0v) is 23.6. The molecule has 0 bridgehead atoms. The quantitative estimate of drug-likeness (QED) is 0.283. The summed E-state index contributed by atoms with van der Waals surface area (Å²) < 4.78 is 5.43. The van der Waals surface area contributed by atoms with Gasteiger partial charge < -0.3 is 30.9 Å². The minimum atomic E-state index is -1.01. The van der Waals surface area contributed by atoms with Crippen molar-refractivity contribution < 1.29 is 23.9 Å². The predicted molar refractivity (Wildman–Crippen MR) is 154 cm³/mol. The van der Waals surface area contributed by atoms with Gasteiger partial charge in [0, 0.05) is 31.9 Å². The maximum atomic E-state index is 13.1. The van der Waals surface area contributed by atoms with Crippen LogP contribution in [0.3, 0.4) is 0 Å². The minimum Gasteiger partial charge on any atom is -0.378 e. The van der Waals surface area contributed by atoms with Crippen LogP contribution in [0.5, 0.6) is 0 Å². The van der Waals surface area contributed by atoms with Crippen LogP contribution < -0.4 is 26.2 Å². The molecule has 0 aliphatic carbocycles. The number of anilines is 1. The van der Waals surface area contributed by atoms with E-state index in [-0.39, 0.29) is 18.9 Å². The molecular weight excluding hydrogens is 510 g/mol. The molecule has 1 saturated heterocycles. The third-order valence-electron chi connectivity index (χ3n) is 6.67. The number of nitrogens with one attached hydrogen (secondary N) is 4. The van der Waals surface area contributed by atoms with Gasteiger partial charge in [0.1, 0.15) is 6.04 Å². The molecule has 2 aromatic rings. The Hall–Kier alpha value is -3.92. The van der Waals surface area contributed by atoms with E-state index in [9.17, 15) is 19.2 Å². The first-order valence-corrected chi connectivity index (χ1v) is 13.9. The maximum absolute atomic E-state index is 13.1. The summed E-state index contributed by atoms with van der Waals surface area (Å²) in [5, 5.41) is 10.9. The summed E-state index contributed by atoms with van der Waals surface area (Å²) in [6.45, 7) is 8.88. The molecule has 1 unspecified atom stereocenters. The molecule has 2 aromatic carbocycles. The van der Waals surface area contributed by atoms with Crippen molar-refractivity contribution in [1.82, 2.24) is 21.3 Å². The van der Waals surface area contributed by atoms with Crippen molar-refractivity contribution in [1.29, 1.82) is 0 Å². The highest BCUT2D eigenvalue weighted by molar-refractivity contribution is 6.38. The van der Waals surface area contributed by atoms with Crippen molar-refractivity contribution in [3.63, 3.8) is 0 Å². The lowest BCUT2D eigenvalue weighted by molar-refractivity contribution is -0.140. The number of Topliss-reactive ketones (excluding diaryl/α,β-unsaturated/α-hetero) is 1. The van der Waals surface area contributed by atoms with Gasteiger partial charge in [0.2, 0.25) is 11.7 Å². The van der Waals surface area contributed by atoms with Crippen LogP contribution in [0, 0.1) is 5.92 Å². The number of para-hydroxylation sites is 1. The molecule has 0 saturated carbocycles. The van der Waals surface area contributed by atoms with Crippen molar-refractivity contribution >= 4 is 29.3 Å². The van der Waals surface area contributed by atoms with Crippen LogP contribution in [0.4, 0.5) is 10.5 Å². The number of ether oxygens (including phenoxy) is 1. The molecule has 2 atom stereocenters. The predicted octanol–water partition coefficient (Wildman–Crippen LogP) is 2.52. The number of amides is 4. The summed E-state index contributed by atoms with van der Waals surface area (Å²) in [7, 11) is 0. The first kappa shape index (κ1) is 30.6. The Balaban J connectivity index is 1.56. The number of carbonyl (C=O) groups is 4. The number of hydrogen-bond donors (Lipinski definition) is 4. The van der Waals surface area contributed by atoms with E-state index in [1.807, 2.05) is 68.4 Å². The molecule has 4 amide bonds. The lowest BCUT2D eigenvalue weighted by Gasteiger charge is -2.30. The minimum absolute atomic E-state index is 0.107. The highest BCUT2D eigenvalue weighted by atomic mass is 16.5. The van der Waals surface area contributed by atoms with Gasteiger partial charge in [-0.15, -0.1) is 0 Å². The SMILES string of the molecule is CCC(NC(=O)[C@H](CC(C)C)NC(=O)NCc1ccccc1)C(=O)C(=O)NCc1ccccc1N1CCOCC1. The number of nitrogens with zero attached hydrogens (tertiary/aromatic N) is 1. The maximum Gasteiger partial charge on any atom is 0.315 e. The van der Waals surface area contributed by atoms with Gasteiger partial charge in [-0.2, -0.15) is 0 Å². The largest absolute Gasteiger partial charge is 0.378 e. The Morgan fingerprint density at radius 3 is 2.20 bits per heavy atom. The molecule has 1 aliphatic rings. The Labute approximate surface area is 236 Å². The molecule has 1 heterocycles. The molecule has 40 heavy (non-hydrogen) atoms. The summed E-state index contributed by atoms with van der Waals surface area (Å²) >= 11 is 0. The lowest BCUT2D eigenvalue weighted by atomic mass is 10.0. The average Bonchev–Trinajstić information content (AvgIpc) is 2.97. The van der Waals surface area contributed by atoms with Gasteiger partial charge in [-0.1, -0.05) is 69.3 Å². The Morgan fingerprint density at radius 1 is 0.850 bits per heavy atom. The Kier molecular flexibility index (Phi) is 12.0. The first-order chi connectivity index (χ1) is 19.3. The van der Waals surface area contributed by atoms with Crippen LogP contribution in [0.2, 0.25) is 0 Å². The van der Waals surface area contributed by atoms with Crippen LogP contribution in [-0.4, -0.2) is 62.0 Å². The van der Waals surface area contributed by atoms with E-state index in [0.717, 1.165) is 29.9 Å². The number of benzene rings is 2. The monoisotopic (exact) mass is 551 g/mol. The van der Waals surface area contributed by atoms with Crippen molar-refractivity contribution in [2.45, 2.75) is 58.8 Å². The summed E-state index contributed by atoms with van der Waals surface area (Å²) in [5.41, 5.74) is 2.81. The van der Waals surface area contributed by atoms with E-state index in [1.54, 1.807) is 6.92 Å². The second kappa shape index (κ2) is 15.6. The van der Waals surface area contributed by atoms with E-state index in [0.29, 0.717) is 26.2 Å². The lowest BCUT2D eigenvalue weighted by Crippen LogP contribution is -2.55. The van der Waals surface area contributed by atoms with E-state index >= 15 is 0 Å². The first-order valence-electron chi connectivity index (χ1n) is 13.9. The van der Waals surface area contributed by atoms with Crippen molar-refractivity contribution in [2.24, 2.45) is 5.92 Å². The number of urea groups is 1. The third-order valence-corrected chi connectivity index (χ3v) is 6.67. The van der Waals surface area contributed by atoms with Crippen LogP contribution in [0.15, 0.2) is 54.6 Å². The molecule has 1 aliphatic heterocycles. The van der Waals surface area contributed by atoms with Crippen LogP contribution in [-0.2, 0) is 32.2 Å². The zero-order valence-electron chi connectivity index (χ0n) is 23.6. The fourth-order valence-corrected chi connectivity index (χ4v) is 4.51. The molecule has 3 rings (SSSR count). The summed E-state index contributed by atoms with van der Waals surface area (Å²) in [4.78, 5) is 53.6. The van der Waals surface area contributed by atoms with E-state index in [2.05, 4.69) is 26.2 Å². The van der Waals surface area contributed by atoms with Gasteiger partial charge in [0.05, 0.1) is 19.3 Å². The van der Waals surface area contributed by atoms with Crippen LogP contribution >= 0.6 is 0 Å². The molecule has 216 valence electrons. The van der Waals surface area contributed by atoms with Gasteiger partial charge in [-0.3, -0.25) is 14.4 Å². The number of morpholine rings is 1. The number of ketones is 1. The second-order valence-electron chi connectivity index (χ2n) is 10.2. The highest BCUT2D eigenvalue weighted by Crippen LogP contribution is 2.21. The highest BCUT2D eigenvalue weighted by Gasteiger charge is 2.29. The fraction of sp³-hybridized carbons (Fsp3) is 0.467. The van der Waals surface area contributed by atoms with Crippen molar-refractivity contribution in [3.05, 3.63) is 65.7 Å². The fourth-order valence-electron chi connectivity index (χ4n) is 4.51. The normalized spacial score (nSPS) is 14.7. The van der Waals surface area contributed by atoms with Crippen LogP contribution in [0.25, 0.3) is 0 Å². The molecular formula is C30H41N5O5. The molecule has 10 nitrogen and oxygen atoms in total. The standard InChI is InChI=1S/C30H41N5O5/c1-4-24(27(36)29(38)31-20-23-12-8-9-13-26(23)35-14-16-40-17-15-35)33-28(37)25(18-21(2)3)34-30(39)32-19-22-10-6-5-7-11-22/h5-13,21,24-25H,4,14-20H2,1-3H3,(H,31,38)(H,33,37)(H2,32,34,39)/t24?,25-/m0/s1. The number of carbonyl (C=O) groups excluding carboxylic acids is 4. The molecule has 1 fully saturated rings. The summed E-state index contributed by atoms with van der Waals surface area (Å²) in [6, 6.07) is 14.8. The zero-order chi connectivity index (χ0) is 28.9. The van der Waals surface area contributed by atoms with E-state index < -0.39 is 35.7 Å². The summed E-state index contributed by atoms with van der Waals surface area (Å²) in [5.74, 6) is -1.89. The van der Waals surface area contributed by atoms with Crippen molar-refractivity contribution in [2.75, 3.05) is 31.2 Å². The van der Waals surface area contributed by atoms with Crippen LogP contribution in [0.1, 0.15) is 44.7 Å². The molecule has 0 spiro atoms. The molecule has 0 aromatic heterocycles. The van der Waals surface area contributed by atoms with E-state index in [4.69, 9.17) is 4.74 Å². The van der Waals surface area contributed by atoms with Crippen molar-refractivity contribution in [3.8, 4) is 0 Å². The van der Waals surface area contributed by atoms with Gasteiger partial charge in [0.25, 0.3) is 5.91 Å². The Bertz CT molecular complexity index is 1130. The van der Waals surface area contributed by atoms with E-state index in [1.165, 1.54) is 0 Å². The van der Waals surface area contributed by atoms with Gasteiger partial charge >= 0.3 is 6.03 Å². The Morgan fingerprint density at radius 2 is 1.52 bits per heavy atom. The second-order valence-corrected chi connectivity index (χ2v) is 10.2.